The average Bonchev–Trinajstić information content (AvgIpc) is 3.42. The van der Waals surface area contributed by atoms with Gasteiger partial charge in [0.1, 0.15) is 12.1 Å². The van der Waals surface area contributed by atoms with Crippen LogP contribution in [-0.4, -0.2) is 70.4 Å². The van der Waals surface area contributed by atoms with Crippen LogP contribution in [0, 0.1) is 5.92 Å². The molecule has 2 N–H and O–H groups in total. The predicted molar refractivity (Wildman–Crippen MR) is 122 cm³/mol. The summed E-state index contributed by atoms with van der Waals surface area (Å²) in [6.45, 7) is 4.86. The van der Waals surface area contributed by atoms with Crippen LogP contribution in [0.5, 0.6) is 0 Å². The quantitative estimate of drug-likeness (QED) is 0.325. The molecule has 0 bridgehead atoms. The second-order valence-electron chi connectivity index (χ2n) is 7.73. The number of fused-ring (bicyclic) bond motifs is 1. The maximum absolute atomic E-state index is 5.93. The maximum atomic E-state index is 5.93. The number of hydrogen-bond donors (Lipinski definition) is 2. The largest absolute Gasteiger partial charge is 0.376 e. The number of aryl methyl sites for hydroxylation is 1. The van der Waals surface area contributed by atoms with Crippen LogP contribution in [0.1, 0.15) is 12.0 Å². The van der Waals surface area contributed by atoms with Gasteiger partial charge in [-0.05, 0) is 12.0 Å². The summed E-state index contributed by atoms with van der Waals surface area (Å²) >= 11 is 0. The number of anilines is 1. The van der Waals surface area contributed by atoms with Gasteiger partial charge in [0, 0.05) is 46.2 Å². The Hall–Kier alpha value is -3.20. The fourth-order valence-electron chi connectivity index (χ4n) is 3.87. The van der Waals surface area contributed by atoms with Gasteiger partial charge in [-0.15, -0.1) is 0 Å². The first-order valence-electron chi connectivity index (χ1n) is 10.7. The van der Waals surface area contributed by atoms with Gasteiger partial charge in [0.25, 0.3) is 0 Å². The molecule has 0 radical (unpaired) electrons. The summed E-state index contributed by atoms with van der Waals surface area (Å²) in [6.07, 6.45) is 4.46. The lowest BCUT2D eigenvalue weighted by atomic mass is 10.1. The summed E-state index contributed by atoms with van der Waals surface area (Å²) < 4.78 is 7.68. The van der Waals surface area contributed by atoms with E-state index in [-0.39, 0.29) is 0 Å². The smallest absolute Gasteiger partial charge is 0.193 e. The van der Waals surface area contributed by atoms with Crippen molar-refractivity contribution in [1.82, 2.24) is 30.0 Å². The SMILES string of the molecule is CN=C(NCCNc1ncnc2c1cnn2C)N1CCC(COCc2ccccc2)C1. The highest BCUT2D eigenvalue weighted by molar-refractivity contribution is 5.86. The molecule has 3 heterocycles. The van der Waals surface area contributed by atoms with Crippen molar-refractivity contribution in [1.29, 1.82) is 0 Å². The molecule has 0 spiro atoms. The van der Waals surface area contributed by atoms with Gasteiger partial charge in [0.15, 0.2) is 11.6 Å². The van der Waals surface area contributed by atoms with E-state index in [1.165, 1.54) is 5.56 Å². The van der Waals surface area contributed by atoms with Gasteiger partial charge in [-0.3, -0.25) is 9.67 Å². The number of aliphatic imine (C=N–C) groups is 1. The molecule has 0 amide bonds. The van der Waals surface area contributed by atoms with Gasteiger partial charge < -0.3 is 20.3 Å². The van der Waals surface area contributed by atoms with Crippen molar-refractivity contribution in [3.8, 4) is 0 Å². The van der Waals surface area contributed by atoms with Gasteiger partial charge in [0.2, 0.25) is 0 Å². The van der Waals surface area contributed by atoms with Crippen molar-refractivity contribution in [3.63, 3.8) is 0 Å². The minimum absolute atomic E-state index is 0.528. The molecule has 9 heteroatoms. The first kappa shape index (κ1) is 21.0. The Labute approximate surface area is 182 Å². The van der Waals surface area contributed by atoms with Crippen molar-refractivity contribution in [2.24, 2.45) is 18.0 Å². The van der Waals surface area contributed by atoms with Crippen molar-refractivity contribution in [3.05, 3.63) is 48.4 Å². The predicted octanol–water partition coefficient (Wildman–Crippen LogP) is 1.89. The van der Waals surface area contributed by atoms with Crippen LogP contribution in [0.25, 0.3) is 11.0 Å². The van der Waals surface area contributed by atoms with Crippen LogP contribution in [0.4, 0.5) is 5.82 Å². The molecule has 1 fully saturated rings. The first-order chi connectivity index (χ1) is 15.2. The van der Waals surface area contributed by atoms with E-state index in [0.29, 0.717) is 12.5 Å². The van der Waals surface area contributed by atoms with Gasteiger partial charge in [0.05, 0.1) is 24.8 Å². The monoisotopic (exact) mass is 422 g/mol. The van der Waals surface area contributed by atoms with E-state index >= 15 is 0 Å². The fraction of sp³-hybridized carbons (Fsp3) is 0.455. The Kier molecular flexibility index (Phi) is 6.93. The zero-order chi connectivity index (χ0) is 21.5. The number of ether oxygens (including phenoxy) is 1. The number of rotatable bonds is 8. The Bertz CT molecular complexity index is 1000. The summed E-state index contributed by atoms with van der Waals surface area (Å²) in [7, 11) is 3.71. The molecule has 2 aromatic heterocycles. The zero-order valence-corrected chi connectivity index (χ0v) is 18.2. The Balaban J connectivity index is 1.19. The third-order valence-electron chi connectivity index (χ3n) is 5.49. The Morgan fingerprint density at radius 2 is 2.10 bits per heavy atom. The standard InChI is InChI=1S/C22H30N8O/c1-23-22(25-10-9-24-20-19-12-28-29(2)21(19)27-16-26-20)30-11-8-18(13-30)15-31-14-17-6-4-3-5-7-17/h3-7,12,16,18H,8-11,13-15H2,1-2H3,(H,23,25)(H,24,26,27). The highest BCUT2D eigenvalue weighted by Gasteiger charge is 2.24. The number of aromatic nitrogens is 4. The molecule has 4 rings (SSSR count). The van der Waals surface area contributed by atoms with Crippen molar-refractivity contribution in [2.75, 3.05) is 45.2 Å². The third kappa shape index (κ3) is 5.29. The number of likely N-dealkylation sites (tertiary alicyclic amines) is 1. The van der Waals surface area contributed by atoms with Gasteiger partial charge in [-0.2, -0.15) is 5.10 Å². The molecule has 1 atom stereocenters. The molecule has 0 aliphatic carbocycles. The summed E-state index contributed by atoms with van der Waals surface area (Å²) in [5.41, 5.74) is 2.04. The molecule has 31 heavy (non-hydrogen) atoms. The number of nitrogens with one attached hydrogen (secondary N) is 2. The summed E-state index contributed by atoms with van der Waals surface area (Å²) in [4.78, 5) is 15.4. The topological polar surface area (TPSA) is 92.5 Å². The lowest BCUT2D eigenvalue weighted by Gasteiger charge is -2.22. The van der Waals surface area contributed by atoms with E-state index in [4.69, 9.17) is 4.74 Å². The van der Waals surface area contributed by atoms with Crippen LogP contribution in [0.3, 0.4) is 0 Å². The molecule has 0 saturated carbocycles. The minimum Gasteiger partial charge on any atom is -0.376 e. The van der Waals surface area contributed by atoms with Crippen LogP contribution in [-0.2, 0) is 18.4 Å². The van der Waals surface area contributed by atoms with E-state index < -0.39 is 0 Å². The second-order valence-corrected chi connectivity index (χ2v) is 7.73. The molecule has 1 unspecified atom stereocenters. The van der Waals surface area contributed by atoms with Crippen LogP contribution in [0.15, 0.2) is 47.8 Å². The lowest BCUT2D eigenvalue weighted by molar-refractivity contribution is 0.0907. The van der Waals surface area contributed by atoms with Crippen LogP contribution < -0.4 is 10.6 Å². The third-order valence-corrected chi connectivity index (χ3v) is 5.49. The van der Waals surface area contributed by atoms with E-state index in [1.54, 1.807) is 17.2 Å². The van der Waals surface area contributed by atoms with E-state index in [0.717, 1.165) is 62.0 Å². The van der Waals surface area contributed by atoms with Crippen molar-refractivity contribution in [2.45, 2.75) is 13.0 Å². The molecular weight excluding hydrogens is 392 g/mol. The minimum atomic E-state index is 0.528. The van der Waals surface area contributed by atoms with Crippen molar-refractivity contribution >= 4 is 22.8 Å². The number of nitrogens with zero attached hydrogens (tertiary/aromatic N) is 6. The van der Waals surface area contributed by atoms with Gasteiger partial charge >= 0.3 is 0 Å². The zero-order valence-electron chi connectivity index (χ0n) is 18.2. The van der Waals surface area contributed by atoms with Gasteiger partial charge in [-0.25, -0.2) is 9.97 Å². The van der Waals surface area contributed by atoms with Crippen molar-refractivity contribution < 1.29 is 4.74 Å². The summed E-state index contributed by atoms with van der Waals surface area (Å²) in [5.74, 6) is 2.26. The molecule has 1 aliphatic heterocycles. The summed E-state index contributed by atoms with van der Waals surface area (Å²) in [5, 5.41) is 12.0. The maximum Gasteiger partial charge on any atom is 0.193 e. The summed E-state index contributed by atoms with van der Waals surface area (Å²) in [6, 6.07) is 10.3. The second kappa shape index (κ2) is 10.2. The highest BCUT2D eigenvalue weighted by Crippen LogP contribution is 2.18. The number of guanidine groups is 1. The highest BCUT2D eigenvalue weighted by atomic mass is 16.5. The average molecular weight is 423 g/mol. The number of benzene rings is 1. The molecule has 1 saturated heterocycles. The molecule has 1 aromatic carbocycles. The van der Waals surface area contributed by atoms with Crippen LogP contribution >= 0.6 is 0 Å². The van der Waals surface area contributed by atoms with Gasteiger partial charge in [-0.1, -0.05) is 30.3 Å². The molecule has 3 aromatic rings. The lowest BCUT2D eigenvalue weighted by Crippen LogP contribution is -2.42. The molecule has 9 nitrogen and oxygen atoms in total. The Morgan fingerprint density at radius 1 is 1.23 bits per heavy atom. The van der Waals surface area contributed by atoms with E-state index in [1.807, 2.05) is 32.3 Å². The van der Waals surface area contributed by atoms with Crippen LogP contribution in [0.2, 0.25) is 0 Å². The normalized spacial score (nSPS) is 16.8. The van der Waals surface area contributed by atoms with E-state index in [9.17, 15) is 0 Å². The first-order valence-corrected chi connectivity index (χ1v) is 10.7. The number of hydrogen-bond acceptors (Lipinski definition) is 6. The fourth-order valence-corrected chi connectivity index (χ4v) is 3.87. The molecule has 1 aliphatic rings. The molecular formula is C22H30N8O. The molecule has 164 valence electrons. The van der Waals surface area contributed by atoms with E-state index in [2.05, 4.69) is 47.7 Å². The Morgan fingerprint density at radius 3 is 2.94 bits per heavy atom.